The Morgan fingerprint density at radius 1 is 0.967 bits per heavy atom. The summed E-state index contributed by atoms with van der Waals surface area (Å²) in [4.78, 5) is 27.7. The summed E-state index contributed by atoms with van der Waals surface area (Å²) in [7, 11) is 0. The third-order valence-corrected chi connectivity index (χ3v) is 4.91. The van der Waals surface area contributed by atoms with E-state index in [4.69, 9.17) is 20.6 Å². The lowest BCUT2D eigenvalue weighted by molar-refractivity contribution is 0.0853. The Morgan fingerprint density at radius 3 is 1.90 bits per heavy atom. The van der Waals surface area contributed by atoms with Crippen LogP contribution in [0.1, 0.15) is 17.5 Å². The van der Waals surface area contributed by atoms with Crippen LogP contribution in [-0.4, -0.2) is 47.6 Å². The Hall–Kier alpha value is -3.39. The van der Waals surface area contributed by atoms with Gasteiger partial charge in [0.15, 0.2) is 0 Å². The van der Waals surface area contributed by atoms with Crippen molar-refractivity contribution < 1.29 is 19.1 Å². The number of rotatable bonds is 5. The van der Waals surface area contributed by atoms with E-state index in [0.717, 1.165) is 17.5 Å². The largest absolute Gasteiger partial charge is 0.444 e. The van der Waals surface area contributed by atoms with Crippen LogP contribution in [-0.2, 0) is 22.7 Å². The van der Waals surface area contributed by atoms with Crippen LogP contribution in [0.25, 0.3) is 0 Å². The molecular formula is C22H26N4O4. The van der Waals surface area contributed by atoms with E-state index < -0.39 is 12.2 Å². The summed E-state index contributed by atoms with van der Waals surface area (Å²) < 4.78 is 10.6. The third-order valence-electron chi connectivity index (χ3n) is 4.91. The van der Waals surface area contributed by atoms with Crippen LogP contribution in [0.3, 0.4) is 0 Å². The van der Waals surface area contributed by atoms with Crippen molar-refractivity contribution in [2.45, 2.75) is 19.6 Å². The maximum Gasteiger partial charge on any atom is 0.426 e. The van der Waals surface area contributed by atoms with Gasteiger partial charge in [0.2, 0.25) is 5.96 Å². The molecule has 0 aliphatic carbocycles. The van der Waals surface area contributed by atoms with Gasteiger partial charge in [0.25, 0.3) is 0 Å². The molecular weight excluding hydrogens is 384 g/mol. The van der Waals surface area contributed by atoms with Crippen LogP contribution in [0.2, 0.25) is 0 Å². The summed E-state index contributed by atoms with van der Waals surface area (Å²) in [5, 5.41) is 8.44. The Kier molecular flexibility index (Phi) is 7.40. The third kappa shape index (κ3) is 5.57. The monoisotopic (exact) mass is 410 g/mol. The number of nitrogens with zero attached hydrogens (tertiary/aromatic N) is 2. The Bertz CT molecular complexity index is 804. The number of nitrogens with one attached hydrogen (secondary N) is 1. The predicted molar refractivity (Wildman–Crippen MR) is 112 cm³/mol. The van der Waals surface area contributed by atoms with Gasteiger partial charge in [-0.15, -0.1) is 4.90 Å². The topological polar surface area (TPSA) is 109 Å². The van der Waals surface area contributed by atoms with Gasteiger partial charge in [-0.1, -0.05) is 60.7 Å². The summed E-state index contributed by atoms with van der Waals surface area (Å²) in [6, 6.07) is 18.3. The number of ether oxygens (including phenoxy) is 2. The molecule has 1 saturated heterocycles. The van der Waals surface area contributed by atoms with Gasteiger partial charge in [-0.2, -0.15) is 0 Å². The normalized spacial score (nSPS) is 15.5. The predicted octanol–water partition coefficient (Wildman–Crippen LogP) is 3.18. The highest BCUT2D eigenvalue weighted by molar-refractivity contribution is 6.06. The van der Waals surface area contributed by atoms with Gasteiger partial charge in [0.1, 0.15) is 13.2 Å². The first kappa shape index (κ1) is 21.3. The van der Waals surface area contributed by atoms with Crippen LogP contribution in [0.15, 0.2) is 60.7 Å². The fourth-order valence-corrected chi connectivity index (χ4v) is 3.17. The molecule has 1 aliphatic rings. The van der Waals surface area contributed by atoms with Crippen LogP contribution in [0, 0.1) is 11.3 Å². The summed E-state index contributed by atoms with van der Waals surface area (Å²) in [6.07, 6.45) is -1.10. The molecule has 0 saturated carbocycles. The maximum absolute atomic E-state index is 12.7. The van der Waals surface area contributed by atoms with E-state index >= 15 is 0 Å². The number of carbonyl (C=O) groups is 2. The van der Waals surface area contributed by atoms with Crippen LogP contribution in [0.5, 0.6) is 0 Å². The van der Waals surface area contributed by atoms with Crippen molar-refractivity contribution >= 4 is 18.1 Å². The molecule has 0 aromatic heterocycles. The van der Waals surface area contributed by atoms with Gasteiger partial charge in [-0.25, -0.2) is 9.59 Å². The number of benzene rings is 2. The van der Waals surface area contributed by atoms with Gasteiger partial charge in [-0.05, 0) is 30.0 Å². The van der Waals surface area contributed by atoms with Crippen molar-refractivity contribution in [1.82, 2.24) is 9.80 Å². The molecule has 2 amide bonds. The van der Waals surface area contributed by atoms with Crippen LogP contribution in [0.4, 0.5) is 9.59 Å². The summed E-state index contributed by atoms with van der Waals surface area (Å²) in [5.74, 6) is -0.0463. The van der Waals surface area contributed by atoms with Crippen molar-refractivity contribution in [3.63, 3.8) is 0 Å². The highest BCUT2D eigenvalue weighted by atomic mass is 16.6. The number of likely N-dealkylation sites (tertiary alicyclic amines) is 1. The van der Waals surface area contributed by atoms with E-state index in [1.165, 1.54) is 0 Å². The molecule has 30 heavy (non-hydrogen) atoms. The van der Waals surface area contributed by atoms with E-state index in [9.17, 15) is 9.59 Å². The Labute approximate surface area is 175 Å². The average molecular weight is 410 g/mol. The van der Waals surface area contributed by atoms with Gasteiger partial charge in [-0.3, -0.25) is 5.41 Å². The van der Waals surface area contributed by atoms with Crippen molar-refractivity contribution in [1.29, 1.82) is 5.41 Å². The number of amides is 2. The maximum atomic E-state index is 12.7. The molecule has 8 heteroatoms. The fraction of sp³-hybridized carbons (Fsp3) is 0.318. The molecule has 0 bridgehead atoms. The molecule has 1 aliphatic heterocycles. The zero-order valence-corrected chi connectivity index (χ0v) is 16.7. The van der Waals surface area contributed by atoms with Gasteiger partial charge in [0.05, 0.1) is 0 Å². The molecule has 0 radical (unpaired) electrons. The van der Waals surface area contributed by atoms with E-state index in [-0.39, 0.29) is 25.1 Å². The minimum Gasteiger partial charge on any atom is -0.444 e. The van der Waals surface area contributed by atoms with Crippen LogP contribution < -0.4 is 5.73 Å². The highest BCUT2D eigenvalue weighted by Crippen LogP contribution is 2.18. The summed E-state index contributed by atoms with van der Waals surface area (Å²) >= 11 is 0. The number of nitrogens with two attached hydrogens (primary N) is 1. The van der Waals surface area contributed by atoms with Crippen molar-refractivity contribution in [3.8, 4) is 0 Å². The van der Waals surface area contributed by atoms with E-state index in [1.54, 1.807) is 4.90 Å². The molecule has 3 N–H and O–H groups in total. The fourth-order valence-electron chi connectivity index (χ4n) is 3.17. The molecule has 2 aromatic carbocycles. The quantitative estimate of drug-likeness (QED) is 0.579. The van der Waals surface area contributed by atoms with Crippen molar-refractivity contribution in [2.75, 3.05) is 19.6 Å². The zero-order chi connectivity index (χ0) is 21.3. The Balaban J connectivity index is 1.69. The lowest BCUT2D eigenvalue weighted by Crippen LogP contribution is -2.49. The van der Waals surface area contributed by atoms with Gasteiger partial charge in [0, 0.05) is 13.1 Å². The molecule has 3 rings (SSSR count). The molecule has 1 unspecified atom stereocenters. The first-order valence-electron chi connectivity index (χ1n) is 9.83. The molecule has 2 aromatic rings. The standard InChI is InChI=1S/C22H26N4O4/c23-13-19-11-12-25(14-19)20(24)26(21(27)29-15-17-7-3-1-4-8-17)22(28)30-16-18-9-5-2-6-10-18/h1-10,19,24H,11-16,23H2. The zero-order valence-electron chi connectivity index (χ0n) is 16.7. The molecule has 1 atom stereocenters. The molecule has 0 spiro atoms. The number of carbonyl (C=O) groups excluding carboxylic acids is 2. The summed E-state index contributed by atoms with van der Waals surface area (Å²) in [6.45, 7) is 1.50. The SMILES string of the molecule is N=C(N1CCC(CN)C1)N(C(=O)OCc1ccccc1)C(=O)OCc1ccccc1. The molecule has 8 nitrogen and oxygen atoms in total. The van der Waals surface area contributed by atoms with Crippen LogP contribution >= 0.6 is 0 Å². The Morgan fingerprint density at radius 2 is 1.47 bits per heavy atom. The highest BCUT2D eigenvalue weighted by Gasteiger charge is 2.35. The first-order chi connectivity index (χ1) is 14.6. The minimum atomic E-state index is -0.946. The molecule has 1 fully saturated rings. The van der Waals surface area contributed by atoms with E-state index in [0.29, 0.717) is 24.5 Å². The second-order valence-electron chi connectivity index (χ2n) is 7.08. The van der Waals surface area contributed by atoms with Crippen molar-refractivity contribution in [3.05, 3.63) is 71.8 Å². The van der Waals surface area contributed by atoms with E-state index in [1.807, 2.05) is 60.7 Å². The van der Waals surface area contributed by atoms with Gasteiger partial charge >= 0.3 is 12.2 Å². The number of guanidine groups is 1. The van der Waals surface area contributed by atoms with E-state index in [2.05, 4.69) is 0 Å². The lowest BCUT2D eigenvalue weighted by atomic mass is 10.1. The first-order valence-corrected chi connectivity index (χ1v) is 9.83. The lowest BCUT2D eigenvalue weighted by Gasteiger charge is -2.27. The number of hydrogen-bond acceptors (Lipinski definition) is 6. The average Bonchev–Trinajstić information content (AvgIpc) is 3.27. The van der Waals surface area contributed by atoms with Gasteiger partial charge < -0.3 is 20.1 Å². The number of hydrogen-bond donors (Lipinski definition) is 2. The molecule has 158 valence electrons. The second-order valence-corrected chi connectivity index (χ2v) is 7.08. The molecule has 1 heterocycles. The summed E-state index contributed by atoms with van der Waals surface area (Å²) in [5.41, 5.74) is 7.28. The number of imide groups is 1. The minimum absolute atomic E-state index is 0.0131. The second kappa shape index (κ2) is 10.4. The smallest absolute Gasteiger partial charge is 0.426 e. The van der Waals surface area contributed by atoms with Crippen molar-refractivity contribution in [2.24, 2.45) is 11.7 Å².